The third kappa shape index (κ3) is 5.63. The maximum atomic E-state index is 9.53. The van der Waals surface area contributed by atoms with Gasteiger partial charge >= 0.3 is 0 Å². The number of allylic oxidation sites excluding steroid dienone is 1. The molecule has 0 aromatic heterocycles. The molecule has 29 heavy (non-hydrogen) atoms. The van der Waals surface area contributed by atoms with Crippen LogP contribution in [0.4, 0.5) is 0 Å². The second-order valence-corrected chi connectivity index (χ2v) is 8.32. The van der Waals surface area contributed by atoms with Gasteiger partial charge in [-0.1, -0.05) is 67.7 Å². The fraction of sp³-hybridized carbons (Fsp3) is 0.0870. The van der Waals surface area contributed by atoms with Gasteiger partial charge in [0.25, 0.3) is 0 Å². The van der Waals surface area contributed by atoms with Crippen LogP contribution in [0, 0.1) is 11.3 Å². The maximum absolute atomic E-state index is 9.53. The number of hydrogen-bond acceptors (Lipinski definition) is 3. The second kappa shape index (κ2) is 9.98. The third-order valence-corrected chi connectivity index (χ3v) is 5.66. The Balaban J connectivity index is 1.82. The second-order valence-electron chi connectivity index (χ2n) is 6.11. The molecule has 0 atom stereocenters. The molecule has 6 heteroatoms. The third-order valence-electron chi connectivity index (χ3n) is 4.17. The molecule has 0 heterocycles. The number of ether oxygens (including phenoxy) is 2. The van der Waals surface area contributed by atoms with Crippen LogP contribution in [0.2, 0.25) is 5.02 Å². The lowest BCUT2D eigenvalue weighted by Gasteiger charge is -2.12. The van der Waals surface area contributed by atoms with Gasteiger partial charge in [-0.25, -0.2) is 0 Å². The van der Waals surface area contributed by atoms with Crippen LogP contribution in [0.3, 0.4) is 0 Å². The van der Waals surface area contributed by atoms with Gasteiger partial charge in [-0.2, -0.15) is 5.26 Å². The van der Waals surface area contributed by atoms with Gasteiger partial charge in [0.05, 0.1) is 18.8 Å². The van der Waals surface area contributed by atoms with Crippen LogP contribution in [0.15, 0.2) is 69.6 Å². The van der Waals surface area contributed by atoms with Crippen LogP contribution in [0.1, 0.15) is 16.7 Å². The molecule has 0 bridgehead atoms. The highest BCUT2D eigenvalue weighted by molar-refractivity contribution is 9.11. The molecule has 3 aromatic rings. The summed E-state index contributed by atoms with van der Waals surface area (Å²) in [5.41, 5.74) is 3.20. The van der Waals surface area contributed by atoms with Crippen molar-refractivity contribution in [1.29, 1.82) is 5.26 Å². The molecule has 0 aliphatic carbocycles. The van der Waals surface area contributed by atoms with Crippen molar-refractivity contribution in [3.05, 3.63) is 91.3 Å². The van der Waals surface area contributed by atoms with E-state index in [9.17, 15) is 5.26 Å². The van der Waals surface area contributed by atoms with Gasteiger partial charge in [-0.3, -0.25) is 0 Å². The molecule has 3 aromatic carbocycles. The average Bonchev–Trinajstić information content (AvgIpc) is 2.72. The zero-order chi connectivity index (χ0) is 20.8. The van der Waals surface area contributed by atoms with E-state index in [4.69, 9.17) is 21.1 Å². The molecule has 0 N–H and O–H groups in total. The average molecular weight is 534 g/mol. The smallest absolute Gasteiger partial charge is 0.161 e. The van der Waals surface area contributed by atoms with Crippen molar-refractivity contribution in [3.63, 3.8) is 0 Å². The van der Waals surface area contributed by atoms with Gasteiger partial charge in [0.2, 0.25) is 0 Å². The van der Waals surface area contributed by atoms with E-state index in [0.717, 1.165) is 25.6 Å². The first-order valence-electron chi connectivity index (χ1n) is 8.62. The van der Waals surface area contributed by atoms with E-state index in [1.807, 2.05) is 48.5 Å². The summed E-state index contributed by atoms with van der Waals surface area (Å²) < 4.78 is 13.4. The van der Waals surface area contributed by atoms with Crippen molar-refractivity contribution < 1.29 is 9.47 Å². The topological polar surface area (TPSA) is 42.2 Å². The lowest BCUT2D eigenvalue weighted by atomic mass is 10.0. The number of hydrogen-bond donors (Lipinski definition) is 0. The Labute approximate surface area is 191 Å². The highest BCUT2D eigenvalue weighted by Gasteiger charge is 2.09. The Morgan fingerprint density at radius 2 is 1.79 bits per heavy atom. The first-order chi connectivity index (χ1) is 14.0. The van der Waals surface area contributed by atoms with Crippen LogP contribution >= 0.6 is 43.5 Å². The summed E-state index contributed by atoms with van der Waals surface area (Å²) in [7, 11) is 1.59. The summed E-state index contributed by atoms with van der Waals surface area (Å²) in [6.45, 7) is 0.396. The van der Waals surface area contributed by atoms with Gasteiger partial charge < -0.3 is 9.47 Å². The van der Waals surface area contributed by atoms with Crippen LogP contribution in [0.25, 0.3) is 11.6 Å². The van der Waals surface area contributed by atoms with Crippen LogP contribution in [0.5, 0.6) is 11.5 Å². The zero-order valence-electron chi connectivity index (χ0n) is 15.5. The molecule has 0 amide bonds. The van der Waals surface area contributed by atoms with Gasteiger partial charge in [0.15, 0.2) is 11.5 Å². The van der Waals surface area contributed by atoms with Gasteiger partial charge in [-0.05, 0) is 53.6 Å². The number of nitrogens with zero attached hydrogens (tertiary/aromatic N) is 1. The molecular formula is C23H16Br2ClNO2. The minimum absolute atomic E-state index is 0.396. The highest BCUT2D eigenvalue weighted by Crippen LogP contribution is 2.31. The van der Waals surface area contributed by atoms with Crippen molar-refractivity contribution in [2.24, 2.45) is 0 Å². The number of rotatable bonds is 6. The molecule has 0 unspecified atom stereocenters. The van der Waals surface area contributed by atoms with Crippen LogP contribution in [-0.2, 0) is 6.61 Å². The SMILES string of the molecule is COc1cc(/C=C(/C#N)c2ccc(Cl)cc2)ccc1OCc1ccc(Br)cc1Br. The van der Waals surface area contributed by atoms with Crippen molar-refractivity contribution in [2.45, 2.75) is 6.61 Å². The molecule has 0 saturated heterocycles. The molecule has 0 saturated carbocycles. The van der Waals surface area contributed by atoms with Crippen molar-refractivity contribution in [2.75, 3.05) is 7.11 Å². The van der Waals surface area contributed by atoms with Crippen molar-refractivity contribution in [1.82, 2.24) is 0 Å². The summed E-state index contributed by atoms with van der Waals surface area (Å²) >= 11 is 12.9. The summed E-state index contributed by atoms with van der Waals surface area (Å²) in [6.07, 6.45) is 1.81. The Kier molecular flexibility index (Phi) is 7.38. The lowest BCUT2D eigenvalue weighted by Crippen LogP contribution is -1.99. The molecule has 0 aliphatic heterocycles. The molecule has 0 aliphatic rings. The number of benzene rings is 3. The molecular weight excluding hydrogens is 518 g/mol. The number of halogens is 3. The minimum atomic E-state index is 0.396. The Bertz CT molecular complexity index is 1090. The molecule has 0 fully saturated rings. The van der Waals surface area contributed by atoms with E-state index in [1.54, 1.807) is 25.3 Å². The summed E-state index contributed by atoms with van der Waals surface area (Å²) in [4.78, 5) is 0. The fourth-order valence-electron chi connectivity index (χ4n) is 2.66. The predicted molar refractivity (Wildman–Crippen MR) is 124 cm³/mol. The van der Waals surface area contributed by atoms with E-state index >= 15 is 0 Å². The standard InChI is InChI=1S/C23H16Br2ClNO2/c1-28-23-11-15(10-18(13-27)16-4-7-20(26)8-5-16)2-9-22(23)29-14-17-3-6-19(24)12-21(17)25/h2-12H,14H2,1H3/b18-10-. The van der Waals surface area contributed by atoms with E-state index in [0.29, 0.717) is 28.7 Å². The molecule has 3 nitrogen and oxygen atoms in total. The number of nitriles is 1. The van der Waals surface area contributed by atoms with Crippen LogP contribution < -0.4 is 9.47 Å². The largest absolute Gasteiger partial charge is 0.493 e. The van der Waals surface area contributed by atoms with E-state index in [-0.39, 0.29) is 0 Å². The first-order valence-corrected chi connectivity index (χ1v) is 10.6. The first kappa shape index (κ1) is 21.4. The maximum Gasteiger partial charge on any atom is 0.161 e. The lowest BCUT2D eigenvalue weighted by molar-refractivity contribution is 0.284. The Morgan fingerprint density at radius 3 is 2.45 bits per heavy atom. The zero-order valence-corrected chi connectivity index (χ0v) is 19.4. The van der Waals surface area contributed by atoms with Gasteiger partial charge in [0, 0.05) is 19.5 Å². The predicted octanol–water partition coefficient (Wildman–Crippen LogP) is 7.52. The monoisotopic (exact) mass is 531 g/mol. The number of methoxy groups -OCH3 is 1. The highest BCUT2D eigenvalue weighted by atomic mass is 79.9. The Hall–Kier alpha value is -2.26. The minimum Gasteiger partial charge on any atom is -0.493 e. The fourth-order valence-corrected chi connectivity index (χ4v) is 3.95. The summed E-state index contributed by atoms with van der Waals surface area (Å²) in [5.74, 6) is 1.23. The molecule has 0 spiro atoms. The van der Waals surface area contributed by atoms with E-state index in [2.05, 4.69) is 37.9 Å². The van der Waals surface area contributed by atoms with E-state index < -0.39 is 0 Å². The normalized spacial score (nSPS) is 11.1. The van der Waals surface area contributed by atoms with Gasteiger partial charge in [0.1, 0.15) is 6.61 Å². The molecule has 3 rings (SSSR count). The van der Waals surface area contributed by atoms with Crippen molar-refractivity contribution >= 4 is 55.1 Å². The Morgan fingerprint density at radius 1 is 1.03 bits per heavy atom. The summed E-state index contributed by atoms with van der Waals surface area (Å²) in [5, 5.41) is 10.2. The van der Waals surface area contributed by atoms with Crippen molar-refractivity contribution in [3.8, 4) is 17.6 Å². The quantitative estimate of drug-likeness (QED) is 0.243. The van der Waals surface area contributed by atoms with Gasteiger partial charge in [-0.15, -0.1) is 0 Å². The summed E-state index contributed by atoms with van der Waals surface area (Å²) in [6, 6.07) is 20.9. The molecule has 0 radical (unpaired) electrons. The van der Waals surface area contributed by atoms with Crippen LogP contribution in [-0.4, -0.2) is 7.11 Å². The van der Waals surface area contributed by atoms with E-state index in [1.165, 1.54) is 0 Å². The molecule has 146 valence electrons.